The molecule has 0 radical (unpaired) electrons. The van der Waals surface area contributed by atoms with Gasteiger partial charge in [0, 0.05) is 5.71 Å². The molecule has 1 heterocycles. The Kier molecular flexibility index (Phi) is 6.35. The molecule has 6 nitrogen and oxygen atoms in total. The van der Waals surface area contributed by atoms with Crippen molar-refractivity contribution in [2.24, 2.45) is 5.10 Å². The number of amides is 2. The summed E-state index contributed by atoms with van der Waals surface area (Å²) >= 11 is 0. The largest absolute Gasteiger partial charge is 0.467 e. The Bertz CT molecular complexity index is 438. The van der Waals surface area contributed by atoms with Gasteiger partial charge in [-0.05, 0) is 31.9 Å². The Morgan fingerprint density at radius 2 is 2.16 bits per heavy atom. The fourth-order valence-corrected chi connectivity index (χ4v) is 1.35. The minimum atomic E-state index is -0.776. The van der Waals surface area contributed by atoms with Crippen molar-refractivity contribution < 1.29 is 14.0 Å². The quantitative estimate of drug-likeness (QED) is 0.465. The molecule has 0 bridgehead atoms. The Morgan fingerprint density at radius 1 is 1.37 bits per heavy atom. The third kappa shape index (κ3) is 5.85. The van der Waals surface area contributed by atoms with Gasteiger partial charge in [0.25, 0.3) is 0 Å². The first-order valence-electron chi connectivity index (χ1n) is 6.27. The van der Waals surface area contributed by atoms with Crippen LogP contribution in [0.2, 0.25) is 0 Å². The molecule has 0 aliphatic heterocycles. The van der Waals surface area contributed by atoms with Crippen LogP contribution in [0.25, 0.3) is 0 Å². The highest BCUT2D eigenvalue weighted by atomic mass is 16.3. The number of unbranched alkanes of at least 4 members (excludes halogenated alkanes) is 1. The molecular weight excluding hydrogens is 246 g/mol. The standard InChI is InChI=1S/C13H19N3O3/c1-3-4-6-10(2)15-16-13(18)12(17)14-9-11-7-5-8-19-11/h5,7-8H,3-4,6,9H2,1-2H3,(H,14,17)(H,16,18)/b15-10+. The van der Waals surface area contributed by atoms with Gasteiger partial charge in [-0.25, -0.2) is 5.43 Å². The van der Waals surface area contributed by atoms with Crippen LogP contribution in [-0.2, 0) is 16.1 Å². The second kappa shape index (κ2) is 8.07. The molecule has 0 atom stereocenters. The smallest absolute Gasteiger partial charge is 0.329 e. The van der Waals surface area contributed by atoms with Gasteiger partial charge in [-0.15, -0.1) is 0 Å². The van der Waals surface area contributed by atoms with Gasteiger partial charge in [-0.3, -0.25) is 9.59 Å². The van der Waals surface area contributed by atoms with Crippen LogP contribution in [0.3, 0.4) is 0 Å². The molecule has 19 heavy (non-hydrogen) atoms. The van der Waals surface area contributed by atoms with Crippen LogP contribution >= 0.6 is 0 Å². The van der Waals surface area contributed by atoms with Crippen molar-refractivity contribution in [2.45, 2.75) is 39.7 Å². The maximum Gasteiger partial charge on any atom is 0.329 e. The number of hydrogen-bond acceptors (Lipinski definition) is 4. The average Bonchev–Trinajstić information content (AvgIpc) is 2.92. The first kappa shape index (κ1) is 14.9. The molecular formula is C13H19N3O3. The van der Waals surface area contributed by atoms with Crippen molar-refractivity contribution in [3.8, 4) is 0 Å². The first-order chi connectivity index (χ1) is 9.13. The maximum absolute atomic E-state index is 11.4. The van der Waals surface area contributed by atoms with Gasteiger partial charge in [0.15, 0.2) is 0 Å². The highest BCUT2D eigenvalue weighted by Gasteiger charge is 2.12. The zero-order chi connectivity index (χ0) is 14.1. The van der Waals surface area contributed by atoms with E-state index < -0.39 is 11.8 Å². The van der Waals surface area contributed by atoms with Gasteiger partial charge in [0.2, 0.25) is 0 Å². The van der Waals surface area contributed by atoms with Crippen molar-refractivity contribution in [3.63, 3.8) is 0 Å². The molecule has 2 N–H and O–H groups in total. The predicted molar refractivity (Wildman–Crippen MR) is 71.3 cm³/mol. The van der Waals surface area contributed by atoms with Gasteiger partial charge in [-0.1, -0.05) is 13.3 Å². The summed E-state index contributed by atoms with van der Waals surface area (Å²) < 4.78 is 5.03. The van der Waals surface area contributed by atoms with Crippen LogP contribution in [0.1, 0.15) is 38.9 Å². The number of rotatable bonds is 6. The van der Waals surface area contributed by atoms with E-state index in [1.165, 1.54) is 6.26 Å². The summed E-state index contributed by atoms with van der Waals surface area (Å²) in [5.41, 5.74) is 3.03. The Balaban J connectivity index is 2.30. The molecule has 0 aromatic carbocycles. The van der Waals surface area contributed by atoms with Crippen molar-refractivity contribution in [2.75, 3.05) is 0 Å². The third-order valence-corrected chi connectivity index (χ3v) is 2.45. The van der Waals surface area contributed by atoms with E-state index >= 15 is 0 Å². The first-order valence-corrected chi connectivity index (χ1v) is 6.27. The van der Waals surface area contributed by atoms with Crippen molar-refractivity contribution in [3.05, 3.63) is 24.2 Å². The molecule has 1 rings (SSSR count). The molecule has 0 saturated carbocycles. The number of furan rings is 1. The van der Waals surface area contributed by atoms with Crippen LogP contribution in [-0.4, -0.2) is 17.5 Å². The highest BCUT2D eigenvalue weighted by Crippen LogP contribution is 1.98. The number of nitrogens with one attached hydrogen (secondary N) is 2. The van der Waals surface area contributed by atoms with E-state index in [2.05, 4.69) is 22.8 Å². The summed E-state index contributed by atoms with van der Waals surface area (Å²) in [6.45, 7) is 4.07. The summed E-state index contributed by atoms with van der Waals surface area (Å²) in [7, 11) is 0. The molecule has 0 aliphatic carbocycles. The minimum Gasteiger partial charge on any atom is -0.467 e. The average molecular weight is 265 g/mol. The minimum absolute atomic E-state index is 0.178. The van der Waals surface area contributed by atoms with Gasteiger partial charge in [0.1, 0.15) is 5.76 Å². The van der Waals surface area contributed by atoms with Crippen molar-refractivity contribution in [1.82, 2.24) is 10.7 Å². The SMILES string of the molecule is CCCC/C(C)=N/NC(=O)C(=O)NCc1ccco1. The summed E-state index contributed by atoms with van der Waals surface area (Å²) in [6, 6.07) is 3.42. The van der Waals surface area contributed by atoms with Crippen LogP contribution in [0, 0.1) is 0 Å². The zero-order valence-corrected chi connectivity index (χ0v) is 11.2. The van der Waals surface area contributed by atoms with E-state index in [-0.39, 0.29) is 6.54 Å². The van der Waals surface area contributed by atoms with Crippen LogP contribution in [0.5, 0.6) is 0 Å². The number of nitrogens with zero attached hydrogens (tertiary/aromatic N) is 1. The van der Waals surface area contributed by atoms with Crippen LogP contribution < -0.4 is 10.7 Å². The summed E-state index contributed by atoms with van der Waals surface area (Å²) in [4.78, 5) is 22.9. The molecule has 0 fully saturated rings. The molecule has 1 aromatic rings. The molecule has 1 aromatic heterocycles. The number of carbonyl (C=O) groups is 2. The number of hydrogen-bond donors (Lipinski definition) is 2. The fourth-order valence-electron chi connectivity index (χ4n) is 1.35. The van der Waals surface area contributed by atoms with Crippen LogP contribution in [0.15, 0.2) is 27.9 Å². The van der Waals surface area contributed by atoms with Gasteiger partial charge >= 0.3 is 11.8 Å². The Hall–Kier alpha value is -2.11. The van der Waals surface area contributed by atoms with Gasteiger partial charge in [0.05, 0.1) is 12.8 Å². The number of carbonyl (C=O) groups excluding carboxylic acids is 2. The van der Waals surface area contributed by atoms with E-state index in [0.29, 0.717) is 5.76 Å². The van der Waals surface area contributed by atoms with Gasteiger partial charge in [-0.2, -0.15) is 5.10 Å². The zero-order valence-electron chi connectivity index (χ0n) is 11.2. The molecule has 6 heteroatoms. The monoisotopic (exact) mass is 265 g/mol. The van der Waals surface area contributed by atoms with E-state index in [9.17, 15) is 9.59 Å². The molecule has 0 spiro atoms. The number of hydrazone groups is 1. The Labute approximate surface area is 112 Å². The molecule has 2 amide bonds. The predicted octanol–water partition coefficient (Wildman–Crippen LogP) is 1.58. The van der Waals surface area contributed by atoms with E-state index in [0.717, 1.165) is 25.0 Å². The lowest BCUT2D eigenvalue weighted by atomic mass is 10.2. The second-order valence-electron chi connectivity index (χ2n) is 4.15. The van der Waals surface area contributed by atoms with Crippen molar-refractivity contribution in [1.29, 1.82) is 0 Å². The van der Waals surface area contributed by atoms with Crippen LogP contribution in [0.4, 0.5) is 0 Å². The fraction of sp³-hybridized carbons (Fsp3) is 0.462. The summed E-state index contributed by atoms with van der Waals surface area (Å²) in [5.74, 6) is -0.922. The van der Waals surface area contributed by atoms with Gasteiger partial charge < -0.3 is 9.73 Å². The lowest BCUT2D eigenvalue weighted by molar-refractivity contribution is -0.139. The summed E-state index contributed by atoms with van der Waals surface area (Å²) in [5, 5.41) is 6.30. The second-order valence-corrected chi connectivity index (χ2v) is 4.15. The normalized spacial score (nSPS) is 11.2. The van der Waals surface area contributed by atoms with E-state index in [1.807, 2.05) is 6.92 Å². The molecule has 0 aliphatic rings. The van der Waals surface area contributed by atoms with E-state index in [1.54, 1.807) is 12.1 Å². The van der Waals surface area contributed by atoms with E-state index in [4.69, 9.17) is 4.42 Å². The van der Waals surface area contributed by atoms with Crippen molar-refractivity contribution >= 4 is 17.5 Å². The molecule has 104 valence electrons. The Morgan fingerprint density at radius 3 is 2.79 bits per heavy atom. The third-order valence-electron chi connectivity index (χ3n) is 2.45. The lowest BCUT2D eigenvalue weighted by Gasteiger charge is -2.03. The topological polar surface area (TPSA) is 83.7 Å². The molecule has 0 saturated heterocycles. The maximum atomic E-state index is 11.4. The highest BCUT2D eigenvalue weighted by molar-refractivity contribution is 6.35. The summed E-state index contributed by atoms with van der Waals surface area (Å²) in [6.07, 6.45) is 4.38. The lowest BCUT2D eigenvalue weighted by Crippen LogP contribution is -2.37. The molecule has 0 unspecified atom stereocenters.